The van der Waals surface area contributed by atoms with E-state index in [1.807, 2.05) is 0 Å². The van der Waals surface area contributed by atoms with Gasteiger partial charge in [-0.3, -0.25) is 9.20 Å². The number of nitrogens with two attached hydrogens (primary N) is 1. The van der Waals surface area contributed by atoms with Gasteiger partial charge in [0.15, 0.2) is 5.69 Å². The summed E-state index contributed by atoms with van der Waals surface area (Å²) in [5.74, 6) is -0.00872. The number of aromatic nitrogens is 2. The largest absolute Gasteiger partial charge is 0.346 e. The Morgan fingerprint density at radius 1 is 1.36 bits per heavy atom. The van der Waals surface area contributed by atoms with E-state index in [0.29, 0.717) is 18.0 Å². The molecular weight excluding hydrogens is 340 g/mol. The molecule has 0 radical (unpaired) electrons. The number of rotatable bonds is 5. The van der Waals surface area contributed by atoms with E-state index in [4.69, 9.17) is 5.73 Å². The van der Waals surface area contributed by atoms with E-state index < -0.39 is 9.84 Å². The molecule has 0 aromatic carbocycles. The molecule has 0 spiro atoms. The SMILES string of the molecule is CS(=O)(=O)c1nc(C(=O)NC(CN)C2CCCCC2)c2ccccn12. The summed E-state index contributed by atoms with van der Waals surface area (Å²) in [7, 11) is -3.55. The first-order valence-corrected chi connectivity index (χ1v) is 10.5. The van der Waals surface area contributed by atoms with E-state index in [-0.39, 0.29) is 22.8 Å². The molecule has 1 saturated carbocycles. The Balaban J connectivity index is 1.91. The summed E-state index contributed by atoms with van der Waals surface area (Å²) in [6.45, 7) is 0.362. The Kier molecular flexibility index (Phi) is 5.10. The van der Waals surface area contributed by atoms with Gasteiger partial charge in [0.05, 0.1) is 5.52 Å². The molecule has 7 nitrogen and oxygen atoms in total. The molecule has 0 saturated heterocycles. The molecule has 8 heteroatoms. The molecule has 1 aliphatic rings. The summed E-state index contributed by atoms with van der Waals surface area (Å²) in [4.78, 5) is 16.9. The molecule has 1 aliphatic carbocycles. The molecule has 2 heterocycles. The molecule has 0 bridgehead atoms. The van der Waals surface area contributed by atoms with E-state index in [0.717, 1.165) is 31.9 Å². The van der Waals surface area contributed by atoms with Crippen molar-refractivity contribution in [1.29, 1.82) is 0 Å². The van der Waals surface area contributed by atoms with Crippen LogP contribution in [0.25, 0.3) is 5.52 Å². The number of pyridine rings is 1. The van der Waals surface area contributed by atoms with Gasteiger partial charge in [0.1, 0.15) is 0 Å². The quantitative estimate of drug-likeness (QED) is 0.833. The Morgan fingerprint density at radius 2 is 2.08 bits per heavy atom. The molecule has 2 aromatic heterocycles. The second kappa shape index (κ2) is 7.13. The zero-order valence-corrected chi connectivity index (χ0v) is 15.1. The normalized spacial score (nSPS) is 17.5. The van der Waals surface area contributed by atoms with Crippen LogP contribution in [0.3, 0.4) is 0 Å². The van der Waals surface area contributed by atoms with Gasteiger partial charge in [-0.15, -0.1) is 0 Å². The highest BCUT2D eigenvalue weighted by Gasteiger charge is 2.27. The minimum Gasteiger partial charge on any atom is -0.346 e. The number of nitrogens with zero attached hydrogens (tertiary/aromatic N) is 2. The van der Waals surface area contributed by atoms with Gasteiger partial charge in [-0.2, -0.15) is 0 Å². The lowest BCUT2D eigenvalue weighted by atomic mass is 9.84. The lowest BCUT2D eigenvalue weighted by Gasteiger charge is -2.29. The molecule has 1 amide bonds. The maximum absolute atomic E-state index is 12.8. The molecule has 3 rings (SSSR count). The molecule has 2 aromatic rings. The van der Waals surface area contributed by atoms with Gasteiger partial charge in [0, 0.05) is 25.0 Å². The summed E-state index contributed by atoms with van der Waals surface area (Å²) in [6, 6.07) is 5.03. The van der Waals surface area contributed by atoms with Crippen LogP contribution in [-0.2, 0) is 9.84 Å². The number of nitrogens with one attached hydrogen (secondary N) is 1. The summed E-state index contributed by atoms with van der Waals surface area (Å²) in [6.07, 6.45) is 8.33. The lowest BCUT2D eigenvalue weighted by molar-refractivity contribution is 0.0912. The van der Waals surface area contributed by atoms with Gasteiger partial charge >= 0.3 is 0 Å². The first kappa shape index (κ1) is 17.9. The number of amides is 1. The van der Waals surface area contributed by atoms with E-state index in [1.165, 1.54) is 10.8 Å². The number of imidazole rings is 1. The highest BCUT2D eigenvalue weighted by Crippen LogP contribution is 2.26. The van der Waals surface area contributed by atoms with Crippen molar-refractivity contribution in [3.8, 4) is 0 Å². The second-order valence-electron chi connectivity index (χ2n) is 6.68. The van der Waals surface area contributed by atoms with Gasteiger partial charge < -0.3 is 11.1 Å². The third kappa shape index (κ3) is 3.69. The van der Waals surface area contributed by atoms with Crippen molar-refractivity contribution < 1.29 is 13.2 Å². The van der Waals surface area contributed by atoms with Crippen LogP contribution >= 0.6 is 0 Å². The Hall–Kier alpha value is -1.93. The summed E-state index contributed by atoms with van der Waals surface area (Å²) >= 11 is 0. The fourth-order valence-electron chi connectivity index (χ4n) is 3.58. The summed E-state index contributed by atoms with van der Waals surface area (Å²) in [5.41, 5.74) is 6.47. The van der Waals surface area contributed by atoms with E-state index in [1.54, 1.807) is 24.4 Å². The number of carbonyl (C=O) groups excluding carboxylic acids is 1. The lowest BCUT2D eigenvalue weighted by Crippen LogP contribution is -2.46. The van der Waals surface area contributed by atoms with Crippen LogP contribution in [0.5, 0.6) is 0 Å². The number of fused-ring (bicyclic) bond motifs is 1. The highest BCUT2D eigenvalue weighted by atomic mass is 32.2. The van der Waals surface area contributed by atoms with E-state index in [2.05, 4.69) is 10.3 Å². The molecule has 0 aliphatic heterocycles. The fraction of sp³-hybridized carbons (Fsp3) is 0.529. The minimum absolute atomic E-state index is 0.116. The van der Waals surface area contributed by atoms with Gasteiger partial charge in [-0.1, -0.05) is 25.3 Å². The molecule has 1 atom stereocenters. The van der Waals surface area contributed by atoms with Crippen LogP contribution in [0.1, 0.15) is 42.6 Å². The van der Waals surface area contributed by atoms with Crippen molar-refractivity contribution >= 4 is 21.3 Å². The number of hydrogen-bond acceptors (Lipinski definition) is 5. The van der Waals surface area contributed by atoms with Crippen LogP contribution in [0, 0.1) is 5.92 Å². The minimum atomic E-state index is -3.55. The standard InChI is InChI=1S/C17H24N4O3S/c1-25(23,24)17-20-15(14-9-5-6-10-21(14)17)16(22)19-13(11-18)12-7-3-2-4-8-12/h5-6,9-10,12-13H,2-4,7-8,11,18H2,1H3,(H,19,22). The van der Waals surface area contributed by atoms with Gasteiger partial charge in [0.25, 0.3) is 5.91 Å². The van der Waals surface area contributed by atoms with Crippen molar-refractivity contribution in [1.82, 2.24) is 14.7 Å². The molecule has 1 fully saturated rings. The molecule has 25 heavy (non-hydrogen) atoms. The summed E-state index contributed by atoms with van der Waals surface area (Å²) in [5, 5.41) is 2.85. The van der Waals surface area contributed by atoms with Crippen LogP contribution in [0.4, 0.5) is 0 Å². The maximum atomic E-state index is 12.8. The third-order valence-corrected chi connectivity index (χ3v) is 5.80. The van der Waals surface area contributed by atoms with E-state index in [9.17, 15) is 13.2 Å². The molecule has 1 unspecified atom stereocenters. The fourth-order valence-corrected chi connectivity index (χ4v) is 4.35. The molecular formula is C17H24N4O3S. The Bertz CT molecular complexity index is 869. The average molecular weight is 364 g/mol. The van der Waals surface area contributed by atoms with Crippen molar-refractivity contribution in [3.63, 3.8) is 0 Å². The number of hydrogen-bond donors (Lipinski definition) is 2. The van der Waals surface area contributed by atoms with Crippen molar-refractivity contribution in [2.24, 2.45) is 11.7 Å². The second-order valence-corrected chi connectivity index (χ2v) is 8.59. The topological polar surface area (TPSA) is 107 Å². The predicted octanol–water partition coefficient (Wildman–Crippen LogP) is 1.38. The van der Waals surface area contributed by atoms with Crippen molar-refractivity contribution in [2.75, 3.05) is 12.8 Å². The predicted molar refractivity (Wildman–Crippen MR) is 95.2 cm³/mol. The first-order chi connectivity index (χ1) is 11.9. The molecule has 136 valence electrons. The zero-order chi connectivity index (χ0) is 18.0. The van der Waals surface area contributed by atoms with Crippen LogP contribution < -0.4 is 11.1 Å². The van der Waals surface area contributed by atoms with E-state index >= 15 is 0 Å². The van der Waals surface area contributed by atoms with Crippen LogP contribution in [0.2, 0.25) is 0 Å². The number of sulfone groups is 1. The zero-order valence-electron chi connectivity index (χ0n) is 14.3. The first-order valence-electron chi connectivity index (χ1n) is 8.60. The Labute approximate surface area is 147 Å². The van der Waals surface area contributed by atoms with Crippen LogP contribution in [0.15, 0.2) is 29.6 Å². The summed E-state index contributed by atoms with van der Waals surface area (Å²) < 4.78 is 25.4. The van der Waals surface area contributed by atoms with Gasteiger partial charge in [-0.05, 0) is 30.9 Å². The van der Waals surface area contributed by atoms with Gasteiger partial charge in [0.2, 0.25) is 15.0 Å². The Morgan fingerprint density at radius 3 is 2.72 bits per heavy atom. The monoisotopic (exact) mass is 364 g/mol. The molecule has 3 N–H and O–H groups in total. The third-order valence-electron chi connectivity index (χ3n) is 4.85. The van der Waals surface area contributed by atoms with Gasteiger partial charge in [-0.25, -0.2) is 13.4 Å². The van der Waals surface area contributed by atoms with Crippen LogP contribution in [-0.4, -0.2) is 42.6 Å². The van der Waals surface area contributed by atoms with Crippen molar-refractivity contribution in [3.05, 3.63) is 30.1 Å². The highest BCUT2D eigenvalue weighted by molar-refractivity contribution is 7.90. The average Bonchev–Trinajstić information content (AvgIpc) is 3.00. The van der Waals surface area contributed by atoms with Crippen molar-refractivity contribution in [2.45, 2.75) is 43.3 Å². The number of carbonyl (C=O) groups is 1. The maximum Gasteiger partial charge on any atom is 0.272 e. The smallest absolute Gasteiger partial charge is 0.272 e.